The molecule has 0 saturated heterocycles. The van der Waals surface area contributed by atoms with Gasteiger partial charge in [-0.3, -0.25) is 0 Å². The van der Waals surface area contributed by atoms with Gasteiger partial charge in [-0.1, -0.05) is 6.08 Å². The van der Waals surface area contributed by atoms with Gasteiger partial charge in [0.1, 0.15) is 6.10 Å². The quantitative estimate of drug-likeness (QED) is 0.170. The molecule has 18 heavy (non-hydrogen) atoms. The summed E-state index contributed by atoms with van der Waals surface area (Å²) in [5.74, 6) is -1.19. The van der Waals surface area contributed by atoms with E-state index in [4.69, 9.17) is 20.4 Å². The number of nitrogens with one attached hydrogen (secondary N) is 2. The molecule has 1 atom stereocenters. The molecule has 108 valence electrons. The van der Waals surface area contributed by atoms with Gasteiger partial charge in [0.25, 0.3) is 0 Å². The highest BCUT2D eigenvalue weighted by Gasteiger charge is 2.01. The minimum atomic E-state index is -1.24. The van der Waals surface area contributed by atoms with Gasteiger partial charge in [-0.15, -0.1) is 6.58 Å². The second kappa shape index (κ2) is 14.1. The predicted molar refractivity (Wildman–Crippen MR) is 68.1 cm³/mol. The Morgan fingerprint density at radius 2 is 1.78 bits per heavy atom. The monoisotopic (exact) mass is 264 g/mol. The van der Waals surface area contributed by atoms with Crippen LogP contribution in [0.25, 0.3) is 0 Å². The summed E-state index contributed by atoms with van der Waals surface area (Å²) in [5.41, 5.74) is 0. The lowest BCUT2D eigenvalue weighted by atomic mass is 10.4. The summed E-state index contributed by atoms with van der Waals surface area (Å²) < 4.78 is 0. The lowest BCUT2D eigenvalue weighted by Crippen LogP contribution is -2.29. The third-order valence-corrected chi connectivity index (χ3v) is 1.68. The first-order chi connectivity index (χ1) is 8.41. The van der Waals surface area contributed by atoms with Crippen LogP contribution in [0.1, 0.15) is 13.3 Å². The molecular weight excluding hydrogens is 240 g/mol. The van der Waals surface area contributed by atoms with Gasteiger partial charge in [0, 0.05) is 13.1 Å². The summed E-state index contributed by atoms with van der Waals surface area (Å²) >= 11 is 0. The van der Waals surface area contributed by atoms with E-state index in [9.17, 15) is 4.79 Å². The summed E-state index contributed by atoms with van der Waals surface area (Å²) in [5, 5.41) is 38.7. The molecule has 0 aliphatic carbocycles. The zero-order chi connectivity index (χ0) is 14.4. The van der Waals surface area contributed by atoms with Crippen LogP contribution in [0.3, 0.4) is 0 Å². The Labute approximate surface area is 107 Å². The smallest absolute Gasteiger partial charge is 0.332 e. The van der Waals surface area contributed by atoms with Crippen molar-refractivity contribution in [2.45, 2.75) is 25.7 Å². The molecule has 0 fully saturated rings. The second-order valence-corrected chi connectivity index (χ2v) is 3.55. The Morgan fingerprint density at radius 3 is 2.17 bits per heavy atom. The maximum atomic E-state index is 9.45. The van der Waals surface area contributed by atoms with Gasteiger partial charge in [0.15, 0.2) is 6.29 Å². The lowest BCUT2D eigenvalue weighted by Gasteiger charge is -2.05. The van der Waals surface area contributed by atoms with Crippen molar-refractivity contribution >= 4 is 5.97 Å². The van der Waals surface area contributed by atoms with Gasteiger partial charge in [-0.25, -0.2) is 4.79 Å². The van der Waals surface area contributed by atoms with Crippen LogP contribution < -0.4 is 10.6 Å². The van der Waals surface area contributed by atoms with Crippen LogP contribution in [0.2, 0.25) is 0 Å². The summed E-state index contributed by atoms with van der Waals surface area (Å²) in [7, 11) is 0. The fraction of sp³-hybridized carbons (Fsp3) is 0.727. The van der Waals surface area contributed by atoms with E-state index in [1.807, 2.05) is 6.08 Å². The Bertz CT molecular complexity index is 210. The van der Waals surface area contributed by atoms with E-state index >= 15 is 0 Å². The molecular formula is C11H24N2O5. The molecule has 0 aromatic carbocycles. The first kappa shape index (κ1) is 19.4. The van der Waals surface area contributed by atoms with Gasteiger partial charge in [0.2, 0.25) is 0 Å². The molecule has 7 heteroatoms. The molecule has 0 heterocycles. The molecule has 0 aliphatic rings. The third kappa shape index (κ3) is 20.4. The van der Waals surface area contributed by atoms with Crippen LogP contribution in [0.4, 0.5) is 0 Å². The van der Waals surface area contributed by atoms with Crippen LogP contribution in [-0.2, 0) is 4.79 Å². The van der Waals surface area contributed by atoms with Gasteiger partial charge < -0.3 is 31.1 Å². The van der Waals surface area contributed by atoms with Crippen molar-refractivity contribution in [3.63, 3.8) is 0 Å². The number of carboxylic acids is 1. The van der Waals surface area contributed by atoms with E-state index in [0.717, 1.165) is 26.1 Å². The number of carbonyl (C=O) groups is 1. The van der Waals surface area contributed by atoms with Crippen molar-refractivity contribution in [1.29, 1.82) is 0 Å². The number of aliphatic carboxylic acids is 1. The number of hydrogen-bond acceptors (Lipinski definition) is 6. The van der Waals surface area contributed by atoms with E-state index < -0.39 is 18.4 Å². The molecule has 0 bridgehead atoms. The SMILES string of the molecule is C=CCNCCCNCC(O)O.CC(O)C(=O)O. The molecule has 0 radical (unpaired) electrons. The van der Waals surface area contributed by atoms with Crippen LogP contribution in [0.15, 0.2) is 12.7 Å². The van der Waals surface area contributed by atoms with Crippen molar-refractivity contribution in [2.24, 2.45) is 0 Å². The average molecular weight is 264 g/mol. The molecule has 0 saturated carbocycles. The molecule has 0 aliphatic heterocycles. The first-order valence-electron chi connectivity index (χ1n) is 5.71. The summed E-state index contributed by atoms with van der Waals surface area (Å²) in [6, 6.07) is 0. The standard InChI is InChI=1S/C8H18N2O2.C3H6O3/c1-2-4-9-5-3-6-10-7-8(11)12;1-2(4)3(5)6/h2,8-12H,1,3-7H2;2,4H,1H3,(H,5,6). The fourth-order valence-electron chi connectivity index (χ4n) is 0.774. The summed E-state index contributed by atoms with van der Waals surface area (Å²) in [4.78, 5) is 9.45. The Balaban J connectivity index is 0. The summed E-state index contributed by atoms with van der Waals surface area (Å²) in [6.45, 7) is 7.54. The topological polar surface area (TPSA) is 122 Å². The predicted octanol–water partition coefficient (Wildman–Crippen LogP) is -1.50. The fourth-order valence-corrected chi connectivity index (χ4v) is 0.774. The third-order valence-electron chi connectivity index (χ3n) is 1.68. The van der Waals surface area contributed by atoms with Gasteiger partial charge in [0.05, 0.1) is 0 Å². The number of rotatable bonds is 9. The van der Waals surface area contributed by atoms with E-state index in [1.165, 1.54) is 6.92 Å². The number of aliphatic hydroxyl groups excluding tert-OH is 2. The highest BCUT2D eigenvalue weighted by molar-refractivity contribution is 5.71. The van der Waals surface area contributed by atoms with Crippen LogP contribution in [0.5, 0.6) is 0 Å². The lowest BCUT2D eigenvalue weighted by molar-refractivity contribution is -0.145. The molecule has 7 nitrogen and oxygen atoms in total. The Kier molecular flexibility index (Phi) is 15.1. The van der Waals surface area contributed by atoms with Crippen LogP contribution in [-0.4, -0.2) is 65.0 Å². The van der Waals surface area contributed by atoms with Gasteiger partial charge in [-0.05, 0) is 26.4 Å². The van der Waals surface area contributed by atoms with E-state index in [1.54, 1.807) is 0 Å². The van der Waals surface area contributed by atoms with Crippen molar-refractivity contribution in [2.75, 3.05) is 26.2 Å². The van der Waals surface area contributed by atoms with Crippen molar-refractivity contribution in [3.05, 3.63) is 12.7 Å². The maximum Gasteiger partial charge on any atom is 0.332 e. The zero-order valence-electron chi connectivity index (χ0n) is 10.7. The molecule has 0 aromatic rings. The molecule has 6 N–H and O–H groups in total. The molecule has 0 aromatic heterocycles. The van der Waals surface area contributed by atoms with Crippen molar-refractivity contribution in [3.8, 4) is 0 Å². The molecule has 0 amide bonds. The van der Waals surface area contributed by atoms with Crippen LogP contribution in [0, 0.1) is 0 Å². The minimum Gasteiger partial charge on any atom is -0.479 e. The van der Waals surface area contributed by atoms with E-state index in [0.29, 0.717) is 0 Å². The molecule has 0 spiro atoms. The van der Waals surface area contributed by atoms with Crippen LogP contribution >= 0.6 is 0 Å². The highest BCUT2D eigenvalue weighted by Crippen LogP contribution is 1.75. The van der Waals surface area contributed by atoms with Crippen molar-refractivity contribution < 1.29 is 25.2 Å². The van der Waals surface area contributed by atoms with Gasteiger partial charge in [-0.2, -0.15) is 0 Å². The minimum absolute atomic E-state index is 0.238. The van der Waals surface area contributed by atoms with E-state index in [2.05, 4.69) is 17.2 Å². The number of carboxylic acid groups (broad SMARTS) is 1. The largest absolute Gasteiger partial charge is 0.479 e. The van der Waals surface area contributed by atoms with E-state index in [-0.39, 0.29) is 6.54 Å². The van der Waals surface area contributed by atoms with Gasteiger partial charge >= 0.3 is 5.97 Å². The molecule has 1 unspecified atom stereocenters. The average Bonchev–Trinajstić information content (AvgIpc) is 2.28. The van der Waals surface area contributed by atoms with Crippen molar-refractivity contribution in [1.82, 2.24) is 10.6 Å². The maximum absolute atomic E-state index is 9.45. The Morgan fingerprint density at radius 1 is 1.28 bits per heavy atom. The first-order valence-corrected chi connectivity index (χ1v) is 5.71. The Hall–Kier alpha value is -0.990. The number of aliphatic hydroxyl groups is 3. The molecule has 0 rings (SSSR count). The second-order valence-electron chi connectivity index (χ2n) is 3.55. The number of hydrogen-bond donors (Lipinski definition) is 6. The zero-order valence-corrected chi connectivity index (χ0v) is 10.7. The highest BCUT2D eigenvalue weighted by atomic mass is 16.5. The normalized spacial score (nSPS) is 11.6. The summed E-state index contributed by atoms with van der Waals surface area (Å²) in [6.07, 6.45) is 0.307.